The zero-order chi connectivity index (χ0) is 36.4. The second-order valence-electron chi connectivity index (χ2n) is 16.4. The van der Waals surface area contributed by atoms with Gasteiger partial charge in [0, 0.05) is 33.5 Å². The van der Waals surface area contributed by atoms with E-state index in [2.05, 4.69) is 209 Å². The average Bonchev–Trinajstić information content (AvgIpc) is 3.13. The minimum atomic E-state index is -1.45. The van der Waals surface area contributed by atoms with Crippen LogP contribution in [0.3, 0.4) is 0 Å². The van der Waals surface area contributed by atoms with E-state index in [1.54, 1.807) is 0 Å². The second kappa shape index (κ2) is 12.8. The summed E-state index contributed by atoms with van der Waals surface area (Å²) in [6.07, 6.45) is 0. The van der Waals surface area contributed by atoms with Crippen molar-refractivity contribution in [3.63, 3.8) is 0 Å². The molecule has 258 valence electrons. The molecule has 0 N–H and O–H groups in total. The Morgan fingerprint density at radius 3 is 1.00 bits per heavy atom. The van der Waals surface area contributed by atoms with E-state index < -0.39 is 16.1 Å². The van der Waals surface area contributed by atoms with Crippen molar-refractivity contribution in [3.8, 4) is 0 Å². The zero-order valence-electron chi connectivity index (χ0n) is 31.8. The van der Waals surface area contributed by atoms with Crippen molar-refractivity contribution in [2.45, 2.75) is 53.1 Å². The molecule has 0 spiro atoms. The molecule has 8 rings (SSSR count). The summed E-state index contributed by atoms with van der Waals surface area (Å²) < 4.78 is 0. The highest BCUT2D eigenvalue weighted by Gasteiger charge is 2.25. The molecule has 0 radical (unpaired) electrons. The van der Waals surface area contributed by atoms with Crippen LogP contribution in [0.15, 0.2) is 146 Å². The van der Waals surface area contributed by atoms with Gasteiger partial charge in [0.2, 0.25) is 0 Å². The molecule has 0 aromatic heterocycles. The van der Waals surface area contributed by atoms with Gasteiger partial charge in [0.15, 0.2) is 0 Å². The van der Waals surface area contributed by atoms with Crippen molar-refractivity contribution in [2.75, 3.05) is 9.80 Å². The van der Waals surface area contributed by atoms with Crippen LogP contribution in [0.5, 0.6) is 0 Å². The van der Waals surface area contributed by atoms with Crippen molar-refractivity contribution in [2.24, 2.45) is 0 Å². The average molecular weight is 709 g/mol. The van der Waals surface area contributed by atoms with Gasteiger partial charge in [0.05, 0.1) is 27.5 Å². The Hall–Kier alpha value is -5.17. The Morgan fingerprint density at radius 1 is 0.346 bits per heavy atom. The molecule has 0 saturated heterocycles. The lowest BCUT2D eigenvalue weighted by molar-refractivity contribution is 1.30. The topological polar surface area (TPSA) is 6.48 Å². The molecule has 0 aliphatic heterocycles. The van der Waals surface area contributed by atoms with Gasteiger partial charge in [-0.25, -0.2) is 0 Å². The summed E-state index contributed by atoms with van der Waals surface area (Å²) in [7, 11) is -2.91. The highest BCUT2D eigenvalue weighted by molar-refractivity contribution is 6.89. The lowest BCUT2D eigenvalue weighted by atomic mass is 9.87. The van der Waals surface area contributed by atoms with Crippen LogP contribution in [-0.2, 0) is 0 Å². The van der Waals surface area contributed by atoms with E-state index in [9.17, 15) is 0 Å². The minimum Gasteiger partial charge on any atom is -0.310 e. The first-order valence-corrected chi connectivity index (χ1v) is 25.5. The van der Waals surface area contributed by atoms with E-state index in [1.807, 2.05) is 0 Å². The third-order valence-corrected chi connectivity index (χ3v) is 14.9. The number of aryl methyl sites for hydroxylation is 2. The fourth-order valence-electron chi connectivity index (χ4n) is 7.81. The molecular formula is C48H48N2Si2. The largest absolute Gasteiger partial charge is 0.310 e. The van der Waals surface area contributed by atoms with Gasteiger partial charge in [0.25, 0.3) is 0 Å². The Balaban J connectivity index is 1.43. The van der Waals surface area contributed by atoms with Crippen molar-refractivity contribution < 1.29 is 0 Å². The van der Waals surface area contributed by atoms with Crippen molar-refractivity contribution in [1.29, 1.82) is 0 Å². The summed E-state index contributed by atoms with van der Waals surface area (Å²) in [4.78, 5) is 4.92. The Kier molecular flexibility index (Phi) is 8.36. The number of para-hydroxylation sites is 2. The molecule has 2 nitrogen and oxygen atoms in total. The highest BCUT2D eigenvalue weighted by Crippen LogP contribution is 2.50. The van der Waals surface area contributed by atoms with E-state index >= 15 is 0 Å². The van der Waals surface area contributed by atoms with E-state index in [4.69, 9.17) is 0 Å². The molecule has 52 heavy (non-hydrogen) atoms. The van der Waals surface area contributed by atoms with Crippen LogP contribution in [0, 0.1) is 13.8 Å². The third kappa shape index (κ3) is 5.90. The summed E-state index contributed by atoms with van der Waals surface area (Å²) in [5.74, 6) is 0. The molecule has 0 saturated carbocycles. The van der Waals surface area contributed by atoms with Gasteiger partial charge in [-0.1, -0.05) is 135 Å². The first-order chi connectivity index (χ1) is 24.9. The standard InChI is InChI=1S/C48H48N2Si2/c1-33-19-29-41-46(50(36-17-13-10-14-18-36)38-23-27-40(28-24-38)52(6,7)8)32-44-34(2)20-30-42-45(31-43(33)47(41)48(42)44)49(35-15-11-9-12-16-35)37-21-25-39(26-22-37)51(3,4)5/h9-32H,1-8H3. The van der Waals surface area contributed by atoms with E-state index in [-0.39, 0.29) is 0 Å². The number of hydrogen-bond acceptors (Lipinski definition) is 2. The van der Waals surface area contributed by atoms with Crippen molar-refractivity contribution in [3.05, 3.63) is 157 Å². The molecule has 0 fully saturated rings. The molecule has 0 unspecified atom stereocenters. The molecule has 0 heterocycles. The molecular weight excluding hydrogens is 661 g/mol. The lowest BCUT2D eigenvalue weighted by Gasteiger charge is -2.31. The van der Waals surface area contributed by atoms with Crippen LogP contribution in [-0.4, -0.2) is 16.1 Å². The number of benzene rings is 8. The van der Waals surface area contributed by atoms with Gasteiger partial charge < -0.3 is 9.80 Å². The molecule has 0 bridgehead atoms. The molecule has 0 aliphatic rings. The molecule has 8 aromatic carbocycles. The van der Waals surface area contributed by atoms with Crippen molar-refractivity contribution in [1.82, 2.24) is 0 Å². The van der Waals surface area contributed by atoms with E-state index in [0.717, 1.165) is 11.4 Å². The minimum absolute atomic E-state index is 1.16. The lowest BCUT2D eigenvalue weighted by Crippen LogP contribution is -2.37. The fraction of sp³-hybridized carbons (Fsp3) is 0.167. The second-order valence-corrected chi connectivity index (χ2v) is 26.6. The normalized spacial score (nSPS) is 12.2. The first kappa shape index (κ1) is 33.9. The monoisotopic (exact) mass is 708 g/mol. The SMILES string of the molecule is Cc1ccc2c(N(c3ccccc3)c3ccc([Si](C)(C)C)cc3)cc3c(C)ccc4c(N(c5ccccc5)c5ccc([Si](C)(C)C)cc5)cc1c2c34. The maximum absolute atomic E-state index is 2.46. The van der Waals surface area contributed by atoms with E-state index in [0.29, 0.717) is 0 Å². The van der Waals surface area contributed by atoms with Gasteiger partial charge in [-0.2, -0.15) is 0 Å². The maximum Gasteiger partial charge on any atom is 0.0775 e. The maximum atomic E-state index is 2.46. The summed E-state index contributed by atoms with van der Waals surface area (Å²) >= 11 is 0. The Morgan fingerprint density at radius 2 is 0.673 bits per heavy atom. The predicted octanol–water partition coefficient (Wildman–Crippen LogP) is 13.2. The molecule has 0 atom stereocenters. The van der Waals surface area contributed by atoms with Crippen LogP contribution in [0.4, 0.5) is 34.1 Å². The van der Waals surface area contributed by atoms with Crippen molar-refractivity contribution >= 4 is 93.0 Å². The first-order valence-electron chi connectivity index (χ1n) is 18.5. The van der Waals surface area contributed by atoms with E-state index in [1.165, 1.54) is 76.6 Å². The van der Waals surface area contributed by atoms with Gasteiger partial charge >= 0.3 is 0 Å². The number of nitrogens with zero attached hydrogens (tertiary/aromatic N) is 2. The van der Waals surface area contributed by atoms with Gasteiger partial charge in [0.1, 0.15) is 0 Å². The predicted molar refractivity (Wildman–Crippen MR) is 235 cm³/mol. The molecule has 0 amide bonds. The molecule has 8 aromatic rings. The van der Waals surface area contributed by atoms with Crippen LogP contribution < -0.4 is 20.2 Å². The van der Waals surface area contributed by atoms with Crippen LogP contribution in [0.2, 0.25) is 39.3 Å². The summed E-state index contributed by atoms with van der Waals surface area (Å²) in [5, 5.41) is 10.7. The van der Waals surface area contributed by atoms with Gasteiger partial charge in [-0.3, -0.25) is 0 Å². The van der Waals surface area contributed by atoms with Crippen LogP contribution in [0.1, 0.15) is 11.1 Å². The molecule has 0 aliphatic carbocycles. The van der Waals surface area contributed by atoms with Gasteiger partial charge in [-0.15, -0.1) is 0 Å². The summed E-state index contributed by atoms with van der Waals surface area (Å²) in [6, 6.07) is 54.7. The zero-order valence-corrected chi connectivity index (χ0v) is 33.8. The Labute approximate surface area is 311 Å². The van der Waals surface area contributed by atoms with Crippen LogP contribution in [0.25, 0.3) is 32.3 Å². The summed E-state index contributed by atoms with van der Waals surface area (Å²) in [5.41, 5.74) is 9.64. The number of anilines is 6. The summed E-state index contributed by atoms with van der Waals surface area (Å²) in [6.45, 7) is 19.0. The smallest absolute Gasteiger partial charge is 0.0775 e. The number of hydrogen-bond donors (Lipinski definition) is 0. The number of rotatable bonds is 8. The Bertz CT molecular complexity index is 2350. The highest BCUT2D eigenvalue weighted by atomic mass is 28.3. The van der Waals surface area contributed by atoms with Crippen LogP contribution >= 0.6 is 0 Å². The quantitative estimate of drug-likeness (QED) is 0.115. The fourth-order valence-corrected chi connectivity index (χ4v) is 10.1. The third-order valence-electron chi connectivity index (χ3n) is 10.8. The molecule has 4 heteroatoms. The van der Waals surface area contributed by atoms with Gasteiger partial charge in [-0.05, 0) is 107 Å².